The van der Waals surface area contributed by atoms with Gasteiger partial charge >= 0.3 is 0 Å². The van der Waals surface area contributed by atoms with Crippen molar-refractivity contribution < 1.29 is 9.47 Å². The van der Waals surface area contributed by atoms with Crippen LogP contribution in [0.2, 0.25) is 0 Å². The second kappa shape index (κ2) is 2.89. The van der Waals surface area contributed by atoms with Crippen LogP contribution in [0.1, 0.15) is 6.42 Å². The van der Waals surface area contributed by atoms with Gasteiger partial charge in [-0.15, -0.1) is 0 Å². The van der Waals surface area contributed by atoms with Crippen molar-refractivity contribution in [3.63, 3.8) is 0 Å². The maximum Gasteiger partial charge on any atom is 0.257 e. The molecule has 1 aromatic rings. The highest BCUT2D eigenvalue weighted by molar-refractivity contribution is 5.46. The molecule has 0 saturated heterocycles. The zero-order chi connectivity index (χ0) is 8.39. The highest BCUT2D eigenvalue weighted by Gasteiger charge is 2.10. The SMILES string of the molecule is Nc1cnc2c(c1)OCCCO2. The molecular formula is C8H10N2O2. The van der Waals surface area contributed by atoms with E-state index >= 15 is 0 Å². The Morgan fingerprint density at radius 2 is 2.17 bits per heavy atom. The number of nitrogens with zero attached hydrogens (tertiary/aromatic N) is 1. The molecule has 2 rings (SSSR count). The lowest BCUT2D eigenvalue weighted by atomic mass is 10.4. The zero-order valence-electron chi connectivity index (χ0n) is 6.62. The molecule has 4 nitrogen and oxygen atoms in total. The first-order chi connectivity index (χ1) is 5.86. The van der Waals surface area contributed by atoms with Crippen molar-refractivity contribution in [1.82, 2.24) is 4.98 Å². The van der Waals surface area contributed by atoms with E-state index in [0.717, 1.165) is 6.42 Å². The molecule has 0 atom stereocenters. The van der Waals surface area contributed by atoms with E-state index in [1.807, 2.05) is 0 Å². The summed E-state index contributed by atoms with van der Waals surface area (Å²) in [7, 11) is 0. The normalized spacial score (nSPS) is 15.3. The first-order valence-corrected chi connectivity index (χ1v) is 3.87. The average molecular weight is 166 g/mol. The van der Waals surface area contributed by atoms with Gasteiger partial charge < -0.3 is 15.2 Å². The number of hydrogen-bond donors (Lipinski definition) is 1. The van der Waals surface area contributed by atoms with Crippen LogP contribution < -0.4 is 15.2 Å². The summed E-state index contributed by atoms with van der Waals surface area (Å²) in [5, 5.41) is 0. The van der Waals surface area contributed by atoms with Crippen LogP contribution in [-0.2, 0) is 0 Å². The van der Waals surface area contributed by atoms with Gasteiger partial charge in [0.1, 0.15) is 0 Å². The largest absolute Gasteiger partial charge is 0.488 e. The molecule has 12 heavy (non-hydrogen) atoms. The predicted octanol–water partition coefficient (Wildman–Crippen LogP) is 0.825. The van der Waals surface area contributed by atoms with Gasteiger partial charge in [0, 0.05) is 12.5 Å². The smallest absolute Gasteiger partial charge is 0.257 e. The second-order valence-corrected chi connectivity index (χ2v) is 2.62. The summed E-state index contributed by atoms with van der Waals surface area (Å²) < 4.78 is 10.7. The molecule has 0 aromatic carbocycles. The number of nitrogens with two attached hydrogens (primary N) is 1. The molecular weight excluding hydrogens is 156 g/mol. The Kier molecular flexibility index (Phi) is 1.74. The number of pyridine rings is 1. The van der Waals surface area contributed by atoms with E-state index in [0.29, 0.717) is 30.5 Å². The molecule has 64 valence electrons. The number of nitrogen functional groups attached to an aromatic ring is 1. The first-order valence-electron chi connectivity index (χ1n) is 3.87. The number of rotatable bonds is 0. The lowest BCUT2D eigenvalue weighted by Crippen LogP contribution is -1.97. The molecule has 0 amide bonds. The molecule has 0 unspecified atom stereocenters. The molecule has 1 aliphatic rings. The summed E-state index contributed by atoms with van der Waals surface area (Å²) in [5.74, 6) is 1.19. The third-order valence-corrected chi connectivity index (χ3v) is 1.62. The molecule has 1 aliphatic heterocycles. The van der Waals surface area contributed by atoms with Crippen molar-refractivity contribution in [3.8, 4) is 11.6 Å². The van der Waals surface area contributed by atoms with E-state index in [9.17, 15) is 0 Å². The summed E-state index contributed by atoms with van der Waals surface area (Å²) in [6.45, 7) is 1.32. The Morgan fingerprint density at radius 3 is 3.08 bits per heavy atom. The van der Waals surface area contributed by atoms with E-state index in [2.05, 4.69) is 4.98 Å². The minimum atomic E-state index is 0.543. The molecule has 0 spiro atoms. The van der Waals surface area contributed by atoms with Crippen LogP contribution in [0.5, 0.6) is 11.6 Å². The van der Waals surface area contributed by atoms with Crippen LogP contribution in [-0.4, -0.2) is 18.2 Å². The number of aromatic nitrogens is 1. The summed E-state index contributed by atoms with van der Waals surface area (Å²) in [5.41, 5.74) is 6.13. The highest BCUT2D eigenvalue weighted by Crippen LogP contribution is 2.28. The van der Waals surface area contributed by atoms with Crippen LogP contribution in [0, 0.1) is 0 Å². The number of hydrogen-bond acceptors (Lipinski definition) is 4. The van der Waals surface area contributed by atoms with Crippen molar-refractivity contribution >= 4 is 5.69 Å². The van der Waals surface area contributed by atoms with Crippen LogP contribution >= 0.6 is 0 Å². The highest BCUT2D eigenvalue weighted by atomic mass is 16.5. The van der Waals surface area contributed by atoms with Crippen LogP contribution in [0.15, 0.2) is 12.3 Å². The van der Waals surface area contributed by atoms with Crippen molar-refractivity contribution in [3.05, 3.63) is 12.3 Å². The summed E-state index contributed by atoms with van der Waals surface area (Å²) in [6.07, 6.45) is 2.45. The van der Waals surface area contributed by atoms with Crippen LogP contribution in [0.3, 0.4) is 0 Å². The topological polar surface area (TPSA) is 57.4 Å². The maximum atomic E-state index is 5.53. The van der Waals surface area contributed by atoms with Gasteiger partial charge in [0.15, 0.2) is 5.75 Å². The molecule has 2 N–H and O–H groups in total. The summed E-state index contributed by atoms with van der Waals surface area (Å²) in [6, 6.07) is 1.73. The second-order valence-electron chi connectivity index (χ2n) is 2.62. The molecule has 2 heterocycles. The quantitative estimate of drug-likeness (QED) is 0.620. The lowest BCUT2D eigenvalue weighted by Gasteiger charge is -2.05. The fourth-order valence-electron chi connectivity index (χ4n) is 1.07. The number of ether oxygens (including phenoxy) is 2. The maximum absolute atomic E-state index is 5.53. The van der Waals surface area contributed by atoms with Gasteiger partial charge in [-0.1, -0.05) is 0 Å². The van der Waals surface area contributed by atoms with Crippen molar-refractivity contribution in [2.75, 3.05) is 18.9 Å². The van der Waals surface area contributed by atoms with E-state index in [4.69, 9.17) is 15.2 Å². The molecule has 0 radical (unpaired) electrons. The van der Waals surface area contributed by atoms with Gasteiger partial charge in [0.05, 0.1) is 25.1 Å². The third kappa shape index (κ3) is 1.28. The summed E-state index contributed by atoms with van der Waals surface area (Å²) >= 11 is 0. The van der Waals surface area contributed by atoms with Gasteiger partial charge in [-0.25, -0.2) is 4.98 Å². The Bertz CT molecular complexity index is 288. The number of fused-ring (bicyclic) bond motifs is 1. The first kappa shape index (κ1) is 7.21. The predicted molar refractivity (Wildman–Crippen MR) is 44.3 cm³/mol. The molecule has 4 heteroatoms. The Morgan fingerprint density at radius 1 is 1.33 bits per heavy atom. The fraction of sp³-hybridized carbons (Fsp3) is 0.375. The molecule has 0 saturated carbocycles. The fourth-order valence-corrected chi connectivity index (χ4v) is 1.07. The van der Waals surface area contributed by atoms with E-state index < -0.39 is 0 Å². The average Bonchev–Trinajstić information content (AvgIpc) is 2.28. The molecule has 0 fully saturated rings. The Labute approximate surface area is 70.3 Å². The van der Waals surface area contributed by atoms with Gasteiger partial charge in [-0.05, 0) is 0 Å². The Hall–Kier alpha value is -1.45. The third-order valence-electron chi connectivity index (χ3n) is 1.62. The van der Waals surface area contributed by atoms with Crippen LogP contribution in [0.25, 0.3) is 0 Å². The van der Waals surface area contributed by atoms with Crippen molar-refractivity contribution in [1.29, 1.82) is 0 Å². The van der Waals surface area contributed by atoms with Crippen LogP contribution in [0.4, 0.5) is 5.69 Å². The lowest BCUT2D eigenvalue weighted by molar-refractivity contribution is 0.293. The minimum absolute atomic E-state index is 0.543. The number of anilines is 1. The van der Waals surface area contributed by atoms with Crippen molar-refractivity contribution in [2.45, 2.75) is 6.42 Å². The van der Waals surface area contributed by atoms with Gasteiger partial charge in [-0.3, -0.25) is 0 Å². The van der Waals surface area contributed by atoms with E-state index in [1.165, 1.54) is 0 Å². The van der Waals surface area contributed by atoms with Gasteiger partial charge in [0.2, 0.25) is 0 Å². The Balaban J connectivity index is 2.36. The van der Waals surface area contributed by atoms with Crippen molar-refractivity contribution in [2.24, 2.45) is 0 Å². The minimum Gasteiger partial charge on any atom is -0.488 e. The monoisotopic (exact) mass is 166 g/mol. The van der Waals surface area contributed by atoms with Gasteiger partial charge in [0.25, 0.3) is 5.88 Å². The van der Waals surface area contributed by atoms with E-state index in [1.54, 1.807) is 12.3 Å². The van der Waals surface area contributed by atoms with E-state index in [-0.39, 0.29) is 0 Å². The molecule has 1 aromatic heterocycles. The standard InChI is InChI=1S/C8H10N2O2/c9-6-4-7-8(10-5-6)12-3-1-2-11-7/h4-5H,1-3,9H2. The zero-order valence-corrected chi connectivity index (χ0v) is 6.62. The molecule has 0 bridgehead atoms. The molecule has 0 aliphatic carbocycles. The summed E-state index contributed by atoms with van der Waals surface area (Å²) in [4.78, 5) is 4.01. The van der Waals surface area contributed by atoms with Gasteiger partial charge in [-0.2, -0.15) is 0 Å².